The molecule has 8 heteroatoms. The second kappa shape index (κ2) is 10.7. The molecule has 0 radical (unpaired) electrons. The third-order valence-electron chi connectivity index (χ3n) is 6.35. The SMILES string of the molecule is COC(=O)N1c2c(F)cc(C(C=NC3CCNCC3)=CN)c(Oc3ccccc3)c2CC[C@@H]1C. The lowest BCUT2D eigenvalue weighted by Gasteiger charge is -2.35. The molecule has 34 heavy (non-hydrogen) atoms. The summed E-state index contributed by atoms with van der Waals surface area (Å²) >= 11 is 0. The van der Waals surface area contributed by atoms with Gasteiger partial charge in [-0.3, -0.25) is 9.89 Å². The zero-order chi connectivity index (χ0) is 24.1. The van der Waals surface area contributed by atoms with E-state index in [1.165, 1.54) is 24.3 Å². The normalized spacial score (nSPS) is 19.2. The van der Waals surface area contributed by atoms with Crippen LogP contribution >= 0.6 is 0 Å². The topological polar surface area (TPSA) is 89.2 Å². The fraction of sp³-hybridized carbons (Fsp3) is 0.385. The van der Waals surface area contributed by atoms with Crippen LogP contribution in [0.4, 0.5) is 14.9 Å². The zero-order valence-corrected chi connectivity index (χ0v) is 19.6. The van der Waals surface area contributed by atoms with Crippen LogP contribution in [0.25, 0.3) is 5.57 Å². The van der Waals surface area contributed by atoms with Crippen LogP contribution in [-0.2, 0) is 11.2 Å². The number of benzene rings is 2. The lowest BCUT2D eigenvalue weighted by molar-refractivity contribution is 0.175. The number of hydrogen-bond donors (Lipinski definition) is 2. The summed E-state index contributed by atoms with van der Waals surface area (Å²) < 4.78 is 26.9. The third-order valence-corrected chi connectivity index (χ3v) is 6.35. The number of anilines is 1. The van der Waals surface area contributed by atoms with Crippen molar-refractivity contribution >= 4 is 23.6 Å². The number of allylic oxidation sites excluding steroid dienone is 1. The van der Waals surface area contributed by atoms with Crippen LogP contribution in [0.1, 0.15) is 37.3 Å². The summed E-state index contributed by atoms with van der Waals surface area (Å²) in [6.45, 7) is 3.71. The Morgan fingerprint density at radius 3 is 2.65 bits per heavy atom. The molecule has 1 saturated heterocycles. The fourth-order valence-corrected chi connectivity index (χ4v) is 4.52. The average Bonchev–Trinajstić information content (AvgIpc) is 2.87. The number of hydrogen-bond acceptors (Lipinski definition) is 6. The number of ether oxygens (including phenoxy) is 2. The van der Waals surface area contributed by atoms with Gasteiger partial charge < -0.3 is 20.5 Å². The Balaban J connectivity index is 1.83. The fourth-order valence-electron chi connectivity index (χ4n) is 4.52. The number of carbonyl (C=O) groups excluding carboxylic acids is 1. The number of para-hydroxylation sites is 1. The molecule has 7 nitrogen and oxygen atoms in total. The van der Waals surface area contributed by atoms with E-state index in [4.69, 9.17) is 20.2 Å². The molecular weight excluding hydrogens is 435 g/mol. The lowest BCUT2D eigenvalue weighted by atomic mass is 9.91. The predicted molar refractivity (Wildman–Crippen MR) is 132 cm³/mol. The van der Waals surface area contributed by atoms with Crippen molar-refractivity contribution in [1.29, 1.82) is 0 Å². The maximum atomic E-state index is 15.6. The van der Waals surface area contributed by atoms with E-state index >= 15 is 4.39 Å². The molecule has 1 amide bonds. The van der Waals surface area contributed by atoms with E-state index in [0.29, 0.717) is 41.0 Å². The van der Waals surface area contributed by atoms with Gasteiger partial charge in [0.25, 0.3) is 0 Å². The van der Waals surface area contributed by atoms with Crippen LogP contribution in [0.2, 0.25) is 0 Å². The van der Waals surface area contributed by atoms with Gasteiger partial charge in [0.05, 0.1) is 18.8 Å². The van der Waals surface area contributed by atoms with Crippen LogP contribution in [0.5, 0.6) is 11.5 Å². The van der Waals surface area contributed by atoms with Crippen molar-refractivity contribution in [1.82, 2.24) is 5.32 Å². The number of methoxy groups -OCH3 is 1. The van der Waals surface area contributed by atoms with Crippen molar-refractivity contribution in [2.24, 2.45) is 10.7 Å². The zero-order valence-electron chi connectivity index (χ0n) is 19.6. The summed E-state index contributed by atoms with van der Waals surface area (Å²) in [6.07, 6.45) is 5.58. The van der Waals surface area contributed by atoms with Crippen LogP contribution in [-0.4, -0.2) is 44.6 Å². The molecule has 0 spiro atoms. The minimum atomic E-state index is -0.604. The maximum absolute atomic E-state index is 15.6. The van der Waals surface area contributed by atoms with E-state index in [-0.39, 0.29) is 17.8 Å². The van der Waals surface area contributed by atoms with Gasteiger partial charge in [0, 0.05) is 35.2 Å². The van der Waals surface area contributed by atoms with Crippen LogP contribution in [0.3, 0.4) is 0 Å². The Morgan fingerprint density at radius 2 is 1.97 bits per heavy atom. The molecule has 1 atom stereocenters. The Labute approximate surface area is 199 Å². The van der Waals surface area contributed by atoms with E-state index in [9.17, 15) is 4.79 Å². The summed E-state index contributed by atoms with van der Waals surface area (Å²) in [6, 6.07) is 10.6. The molecule has 2 heterocycles. The summed E-state index contributed by atoms with van der Waals surface area (Å²) in [7, 11) is 1.30. The van der Waals surface area contributed by atoms with Crippen LogP contribution in [0.15, 0.2) is 47.6 Å². The molecule has 2 aliphatic rings. The highest BCUT2D eigenvalue weighted by atomic mass is 19.1. The highest BCUT2D eigenvalue weighted by molar-refractivity contribution is 6.11. The number of aliphatic imine (C=N–C) groups is 1. The van der Waals surface area contributed by atoms with Crippen LogP contribution in [0, 0.1) is 5.82 Å². The largest absolute Gasteiger partial charge is 0.456 e. The number of piperidine rings is 1. The van der Waals surface area contributed by atoms with Gasteiger partial charge in [0.15, 0.2) is 0 Å². The highest BCUT2D eigenvalue weighted by Crippen LogP contribution is 2.44. The Bertz CT molecular complexity index is 1080. The third kappa shape index (κ3) is 4.92. The number of nitrogens with zero attached hydrogens (tertiary/aromatic N) is 2. The van der Waals surface area contributed by atoms with Gasteiger partial charge >= 0.3 is 6.09 Å². The molecule has 4 rings (SSSR count). The van der Waals surface area contributed by atoms with Crippen molar-refractivity contribution in [3.63, 3.8) is 0 Å². The van der Waals surface area contributed by atoms with Gasteiger partial charge in [-0.1, -0.05) is 18.2 Å². The minimum absolute atomic E-state index is 0.187. The monoisotopic (exact) mass is 466 g/mol. The molecule has 0 unspecified atom stereocenters. The summed E-state index contributed by atoms with van der Waals surface area (Å²) in [5, 5.41) is 3.32. The van der Waals surface area contributed by atoms with Crippen molar-refractivity contribution in [2.75, 3.05) is 25.1 Å². The molecule has 0 bridgehead atoms. The van der Waals surface area contributed by atoms with Gasteiger partial charge in [-0.2, -0.15) is 0 Å². The number of carbonyl (C=O) groups is 1. The second-order valence-electron chi connectivity index (χ2n) is 8.59. The average molecular weight is 467 g/mol. The van der Waals surface area contributed by atoms with E-state index in [1.807, 2.05) is 37.3 Å². The van der Waals surface area contributed by atoms with Crippen molar-refractivity contribution in [3.05, 3.63) is 59.5 Å². The smallest absolute Gasteiger partial charge is 0.414 e. The van der Waals surface area contributed by atoms with Gasteiger partial charge in [0.1, 0.15) is 17.3 Å². The molecule has 1 fully saturated rings. The number of nitrogens with two attached hydrogens (primary N) is 1. The number of nitrogens with one attached hydrogen (secondary N) is 1. The highest BCUT2D eigenvalue weighted by Gasteiger charge is 2.35. The first-order valence-electron chi connectivity index (χ1n) is 11.6. The predicted octanol–water partition coefficient (Wildman–Crippen LogP) is 4.65. The molecular formula is C26H31FN4O3. The van der Waals surface area contributed by atoms with Gasteiger partial charge in [-0.25, -0.2) is 9.18 Å². The lowest BCUT2D eigenvalue weighted by Crippen LogP contribution is -2.42. The van der Waals surface area contributed by atoms with E-state index in [0.717, 1.165) is 25.9 Å². The molecule has 3 N–H and O–H groups in total. The van der Waals surface area contributed by atoms with E-state index in [2.05, 4.69) is 5.32 Å². The Hall–Kier alpha value is -3.39. The molecule has 2 aliphatic heterocycles. The molecule has 0 saturated carbocycles. The number of rotatable bonds is 5. The Morgan fingerprint density at radius 1 is 1.24 bits per heavy atom. The van der Waals surface area contributed by atoms with Gasteiger partial charge in [-0.05, 0) is 63.9 Å². The van der Waals surface area contributed by atoms with Gasteiger partial charge in [0.2, 0.25) is 0 Å². The molecule has 0 aliphatic carbocycles. The summed E-state index contributed by atoms with van der Waals surface area (Å²) in [4.78, 5) is 18.6. The van der Waals surface area contributed by atoms with E-state index < -0.39 is 11.9 Å². The summed E-state index contributed by atoms with van der Waals surface area (Å²) in [5.74, 6) is 0.543. The first kappa shape index (κ1) is 23.8. The van der Waals surface area contributed by atoms with Crippen molar-refractivity contribution < 1.29 is 18.7 Å². The first-order chi connectivity index (χ1) is 16.5. The molecule has 180 valence electrons. The van der Waals surface area contributed by atoms with Crippen LogP contribution < -0.4 is 20.7 Å². The summed E-state index contributed by atoms with van der Waals surface area (Å²) in [5.41, 5.74) is 7.86. The maximum Gasteiger partial charge on any atom is 0.414 e. The second-order valence-corrected chi connectivity index (χ2v) is 8.59. The molecule has 2 aromatic carbocycles. The van der Waals surface area contributed by atoms with E-state index in [1.54, 1.807) is 6.21 Å². The first-order valence-corrected chi connectivity index (χ1v) is 11.6. The molecule has 2 aromatic rings. The number of halogens is 1. The Kier molecular flexibility index (Phi) is 7.47. The quantitative estimate of drug-likeness (QED) is 0.627. The van der Waals surface area contributed by atoms with Crippen molar-refractivity contribution in [3.8, 4) is 11.5 Å². The standard InChI is InChI=1S/C26H31FN4O3/c1-17-8-9-21-24(31(17)26(32)33-2)23(27)14-22(25(21)34-20-6-4-3-5-7-20)18(15-28)16-30-19-10-12-29-13-11-19/h3-7,14-17,19,29H,8-13,28H2,1-2H3/t17-/m0/s1. The molecule has 0 aromatic heterocycles. The number of amides is 1. The van der Waals surface area contributed by atoms with Gasteiger partial charge in [-0.15, -0.1) is 0 Å². The minimum Gasteiger partial charge on any atom is -0.456 e. The van der Waals surface area contributed by atoms with Crippen molar-refractivity contribution in [2.45, 2.75) is 44.7 Å². The number of fused-ring (bicyclic) bond motifs is 1.